The van der Waals surface area contributed by atoms with Gasteiger partial charge in [-0.3, -0.25) is 14.9 Å². The number of aryl methyl sites for hydroxylation is 2. The monoisotopic (exact) mass is 343 g/mol. The van der Waals surface area contributed by atoms with Crippen molar-refractivity contribution in [1.29, 1.82) is 5.26 Å². The number of nitro groups is 1. The van der Waals surface area contributed by atoms with Crippen LogP contribution < -0.4 is 5.73 Å². The van der Waals surface area contributed by atoms with Crippen LogP contribution in [0.5, 0.6) is 0 Å². The topological polar surface area (TPSA) is 136 Å². The normalized spacial score (nSPS) is 10.2. The molecule has 0 fully saturated rings. The number of nitriles is 1. The number of nitrogens with zero attached hydrogens (tertiary/aromatic N) is 4. The summed E-state index contributed by atoms with van der Waals surface area (Å²) >= 11 is 1.20. The molecule has 0 saturated carbocycles. The van der Waals surface area contributed by atoms with Crippen LogP contribution in [-0.2, 0) is 5.75 Å². The van der Waals surface area contributed by atoms with E-state index < -0.39 is 10.8 Å². The van der Waals surface area contributed by atoms with Gasteiger partial charge in [0.2, 0.25) is 5.91 Å². The van der Waals surface area contributed by atoms with E-state index in [1.807, 2.05) is 6.07 Å². The van der Waals surface area contributed by atoms with Crippen molar-refractivity contribution in [1.82, 2.24) is 9.97 Å². The summed E-state index contributed by atoms with van der Waals surface area (Å²) in [6.45, 7) is 3.42. The lowest BCUT2D eigenvalue weighted by molar-refractivity contribution is -0.385. The molecule has 8 nitrogen and oxygen atoms in total. The summed E-state index contributed by atoms with van der Waals surface area (Å²) in [5.41, 5.74) is 6.35. The van der Waals surface area contributed by atoms with Crippen LogP contribution in [0.15, 0.2) is 23.2 Å². The molecular formula is C15H13N5O3S. The highest BCUT2D eigenvalue weighted by molar-refractivity contribution is 7.98. The highest BCUT2D eigenvalue weighted by Crippen LogP contribution is 2.30. The van der Waals surface area contributed by atoms with E-state index in [2.05, 4.69) is 9.97 Å². The molecule has 0 aliphatic heterocycles. The minimum Gasteiger partial charge on any atom is -0.366 e. The van der Waals surface area contributed by atoms with Crippen LogP contribution in [0.4, 0.5) is 5.69 Å². The van der Waals surface area contributed by atoms with Gasteiger partial charge in [-0.1, -0.05) is 17.8 Å². The predicted molar refractivity (Wildman–Crippen MR) is 87.4 cm³/mol. The van der Waals surface area contributed by atoms with Crippen molar-refractivity contribution in [2.45, 2.75) is 24.6 Å². The number of thioether (sulfide) groups is 1. The van der Waals surface area contributed by atoms with Gasteiger partial charge in [-0.05, 0) is 19.9 Å². The molecule has 0 aliphatic rings. The molecule has 1 amide bonds. The van der Waals surface area contributed by atoms with Crippen molar-refractivity contribution in [3.05, 3.63) is 56.5 Å². The van der Waals surface area contributed by atoms with Gasteiger partial charge >= 0.3 is 0 Å². The van der Waals surface area contributed by atoms with Gasteiger partial charge in [0.05, 0.1) is 10.6 Å². The average molecular weight is 343 g/mol. The molecule has 1 aromatic heterocycles. The maximum Gasteiger partial charge on any atom is 0.274 e. The Morgan fingerprint density at radius 1 is 1.42 bits per heavy atom. The number of nitro benzene ring substituents is 1. The summed E-state index contributed by atoms with van der Waals surface area (Å²) in [4.78, 5) is 30.2. The molecule has 0 unspecified atom stereocenters. The minimum atomic E-state index is -0.730. The minimum absolute atomic E-state index is 0.0712. The number of benzene rings is 1. The van der Waals surface area contributed by atoms with Crippen LogP contribution >= 0.6 is 11.8 Å². The Balaban J connectivity index is 2.35. The van der Waals surface area contributed by atoms with Crippen LogP contribution in [0.25, 0.3) is 0 Å². The second-order valence-electron chi connectivity index (χ2n) is 4.90. The number of nitrogens with two attached hydrogens (primary N) is 1. The molecule has 1 heterocycles. The molecule has 0 atom stereocenters. The molecule has 2 aromatic rings. The van der Waals surface area contributed by atoms with Crippen molar-refractivity contribution < 1.29 is 9.72 Å². The largest absolute Gasteiger partial charge is 0.366 e. The Kier molecular flexibility index (Phi) is 5.11. The molecule has 0 spiro atoms. The second-order valence-corrected chi connectivity index (χ2v) is 5.87. The van der Waals surface area contributed by atoms with E-state index in [-0.39, 0.29) is 17.0 Å². The molecule has 0 saturated heterocycles. The van der Waals surface area contributed by atoms with Gasteiger partial charge in [-0.15, -0.1) is 0 Å². The molecule has 9 heteroatoms. The van der Waals surface area contributed by atoms with Crippen molar-refractivity contribution in [2.24, 2.45) is 5.73 Å². The number of primary amides is 1. The molecule has 2 N–H and O–H groups in total. The van der Waals surface area contributed by atoms with Crippen molar-refractivity contribution in [2.75, 3.05) is 0 Å². The number of hydrogen-bond donors (Lipinski definition) is 1. The smallest absolute Gasteiger partial charge is 0.274 e. The zero-order valence-electron chi connectivity index (χ0n) is 12.9. The predicted octanol–water partition coefficient (Wildman–Crippen LogP) is 2.26. The highest BCUT2D eigenvalue weighted by atomic mass is 32.2. The fraction of sp³-hybridized carbons (Fsp3) is 0.200. The molecule has 0 aliphatic carbocycles. The third-order valence-electron chi connectivity index (χ3n) is 3.21. The Morgan fingerprint density at radius 3 is 2.71 bits per heavy atom. The lowest BCUT2D eigenvalue weighted by Gasteiger charge is -2.07. The van der Waals surface area contributed by atoms with Crippen LogP contribution in [-0.4, -0.2) is 20.8 Å². The number of rotatable bonds is 5. The molecule has 0 radical (unpaired) electrons. The van der Waals surface area contributed by atoms with Crippen LogP contribution in [0.1, 0.15) is 33.0 Å². The molecule has 24 heavy (non-hydrogen) atoms. The van der Waals surface area contributed by atoms with Gasteiger partial charge in [0.15, 0.2) is 0 Å². The first-order chi connectivity index (χ1) is 11.3. The molecule has 2 rings (SSSR count). The van der Waals surface area contributed by atoms with Crippen LogP contribution in [0.2, 0.25) is 0 Å². The third-order valence-corrected chi connectivity index (χ3v) is 4.24. The van der Waals surface area contributed by atoms with E-state index in [0.29, 0.717) is 27.7 Å². The quantitative estimate of drug-likeness (QED) is 0.380. The summed E-state index contributed by atoms with van der Waals surface area (Å²) in [5, 5.41) is 20.9. The number of aromatic nitrogens is 2. The first-order valence-electron chi connectivity index (χ1n) is 6.78. The highest BCUT2D eigenvalue weighted by Gasteiger charge is 2.18. The lowest BCUT2D eigenvalue weighted by Crippen LogP contribution is -2.11. The summed E-state index contributed by atoms with van der Waals surface area (Å²) in [6.07, 6.45) is 0. The zero-order valence-corrected chi connectivity index (χ0v) is 13.8. The molecular weight excluding hydrogens is 330 g/mol. The van der Waals surface area contributed by atoms with E-state index in [1.54, 1.807) is 13.8 Å². The van der Waals surface area contributed by atoms with Crippen LogP contribution in [0, 0.1) is 35.3 Å². The number of hydrogen-bond acceptors (Lipinski definition) is 7. The van der Waals surface area contributed by atoms with Gasteiger partial charge in [-0.25, -0.2) is 9.97 Å². The summed E-state index contributed by atoms with van der Waals surface area (Å²) < 4.78 is 0. The van der Waals surface area contributed by atoms with Gasteiger partial charge in [0.25, 0.3) is 5.69 Å². The molecule has 1 aromatic carbocycles. The van der Waals surface area contributed by atoms with Gasteiger partial charge < -0.3 is 5.73 Å². The van der Waals surface area contributed by atoms with Crippen molar-refractivity contribution in [3.8, 4) is 6.07 Å². The van der Waals surface area contributed by atoms with E-state index in [1.165, 1.54) is 23.9 Å². The third kappa shape index (κ3) is 3.67. The van der Waals surface area contributed by atoms with E-state index in [4.69, 9.17) is 5.73 Å². The van der Waals surface area contributed by atoms with Crippen molar-refractivity contribution >= 4 is 23.4 Å². The standard InChI is InChI=1S/C15H13N5O3S/c1-8-12(6-16)15(19-9(2)18-8)24-7-11-4-3-10(14(17)21)5-13(11)20(22)23/h3-5H,7H2,1-2H3,(H2,17,21). The maximum atomic E-state index is 11.2. The number of amides is 1. The number of carbonyl (C=O) groups excluding carboxylic acids is 1. The second kappa shape index (κ2) is 7.06. The van der Waals surface area contributed by atoms with Crippen LogP contribution in [0.3, 0.4) is 0 Å². The number of carbonyl (C=O) groups is 1. The lowest BCUT2D eigenvalue weighted by atomic mass is 10.1. The first-order valence-corrected chi connectivity index (χ1v) is 7.77. The maximum absolute atomic E-state index is 11.2. The Labute approximate surface area is 141 Å². The van der Waals surface area contributed by atoms with E-state index in [9.17, 15) is 20.2 Å². The molecule has 0 bridgehead atoms. The van der Waals surface area contributed by atoms with Crippen molar-refractivity contribution in [3.63, 3.8) is 0 Å². The van der Waals surface area contributed by atoms with Gasteiger partial charge in [0, 0.05) is 22.9 Å². The fourth-order valence-electron chi connectivity index (χ4n) is 2.07. The Bertz CT molecular complexity index is 876. The Hall–Kier alpha value is -2.99. The summed E-state index contributed by atoms with van der Waals surface area (Å²) in [5.74, 6) is 0.0126. The van der Waals surface area contributed by atoms with Gasteiger partial charge in [-0.2, -0.15) is 5.26 Å². The fourth-order valence-corrected chi connectivity index (χ4v) is 3.14. The summed E-state index contributed by atoms with van der Waals surface area (Å²) in [7, 11) is 0. The molecule has 122 valence electrons. The van der Waals surface area contributed by atoms with E-state index >= 15 is 0 Å². The van der Waals surface area contributed by atoms with E-state index in [0.717, 1.165) is 6.07 Å². The summed E-state index contributed by atoms with van der Waals surface area (Å²) in [6, 6.07) is 6.12. The zero-order chi connectivity index (χ0) is 17.9. The average Bonchev–Trinajstić information content (AvgIpc) is 2.52. The Morgan fingerprint density at radius 2 is 2.12 bits per heavy atom. The van der Waals surface area contributed by atoms with Gasteiger partial charge in [0.1, 0.15) is 22.5 Å². The first kappa shape index (κ1) is 17.4. The SMILES string of the molecule is Cc1nc(C)c(C#N)c(SCc2ccc(C(N)=O)cc2[N+](=O)[O-])n1.